The van der Waals surface area contributed by atoms with Gasteiger partial charge in [0, 0.05) is 36.8 Å². The molecule has 100 valence electrons. The zero-order valence-corrected chi connectivity index (χ0v) is 11.2. The Morgan fingerprint density at radius 2 is 2.17 bits per heavy atom. The Bertz CT molecular complexity index is 434. The van der Waals surface area contributed by atoms with Crippen molar-refractivity contribution < 1.29 is 9.50 Å². The topological polar surface area (TPSA) is 35.5 Å². The zero-order valence-electron chi connectivity index (χ0n) is 11.2. The molecule has 0 aliphatic carbocycles. The number of halogens is 1. The first-order valence-electron chi connectivity index (χ1n) is 6.38. The zero-order chi connectivity index (χ0) is 13.3. The number of benzene rings is 1. The summed E-state index contributed by atoms with van der Waals surface area (Å²) in [5.74, 6) is -0.138. The third-order valence-corrected chi connectivity index (χ3v) is 3.77. The van der Waals surface area contributed by atoms with Gasteiger partial charge >= 0.3 is 0 Å². The van der Waals surface area contributed by atoms with E-state index in [1.165, 1.54) is 18.2 Å². The van der Waals surface area contributed by atoms with Crippen molar-refractivity contribution in [1.29, 1.82) is 0 Å². The first-order chi connectivity index (χ1) is 8.42. The Labute approximate surface area is 108 Å². The molecule has 4 heteroatoms. The number of phenols is 1. The Hall–Kier alpha value is -1.13. The van der Waals surface area contributed by atoms with E-state index in [4.69, 9.17) is 0 Å². The van der Waals surface area contributed by atoms with Crippen LogP contribution in [0.1, 0.15) is 32.4 Å². The van der Waals surface area contributed by atoms with Gasteiger partial charge in [0.05, 0.1) is 0 Å². The average molecular weight is 252 g/mol. The quantitative estimate of drug-likeness (QED) is 0.847. The number of piperazine rings is 1. The summed E-state index contributed by atoms with van der Waals surface area (Å²) >= 11 is 0. The van der Waals surface area contributed by atoms with Crippen molar-refractivity contribution in [3.63, 3.8) is 0 Å². The molecule has 1 aromatic rings. The van der Waals surface area contributed by atoms with Gasteiger partial charge in [-0.25, -0.2) is 4.39 Å². The van der Waals surface area contributed by atoms with Crippen LogP contribution in [0.3, 0.4) is 0 Å². The van der Waals surface area contributed by atoms with Crippen molar-refractivity contribution in [2.45, 2.75) is 32.4 Å². The van der Waals surface area contributed by atoms with Gasteiger partial charge in [-0.3, -0.25) is 4.90 Å². The SMILES string of the molecule is CC(c1cc(F)ccc1O)N1CCNCC1(C)C. The molecule has 2 rings (SSSR count). The molecule has 1 heterocycles. The maximum Gasteiger partial charge on any atom is 0.123 e. The van der Waals surface area contributed by atoms with Gasteiger partial charge in [0.15, 0.2) is 0 Å². The van der Waals surface area contributed by atoms with Gasteiger partial charge in [0.25, 0.3) is 0 Å². The van der Waals surface area contributed by atoms with Crippen molar-refractivity contribution in [3.05, 3.63) is 29.6 Å². The second kappa shape index (κ2) is 4.86. The Morgan fingerprint density at radius 3 is 2.83 bits per heavy atom. The molecule has 0 aromatic heterocycles. The minimum Gasteiger partial charge on any atom is -0.508 e. The summed E-state index contributed by atoms with van der Waals surface area (Å²) in [6.07, 6.45) is 0. The largest absolute Gasteiger partial charge is 0.508 e. The van der Waals surface area contributed by atoms with Gasteiger partial charge in [-0.2, -0.15) is 0 Å². The van der Waals surface area contributed by atoms with Crippen LogP contribution in [-0.4, -0.2) is 35.2 Å². The minimum absolute atomic E-state index is 0.00204. The van der Waals surface area contributed by atoms with Gasteiger partial charge < -0.3 is 10.4 Å². The fourth-order valence-corrected chi connectivity index (χ4v) is 2.74. The van der Waals surface area contributed by atoms with Crippen molar-refractivity contribution in [1.82, 2.24) is 10.2 Å². The molecule has 1 fully saturated rings. The molecular weight excluding hydrogens is 231 g/mol. The lowest BCUT2D eigenvalue weighted by molar-refractivity contribution is 0.0506. The van der Waals surface area contributed by atoms with Crippen LogP contribution in [0, 0.1) is 5.82 Å². The van der Waals surface area contributed by atoms with Crippen LogP contribution in [0.5, 0.6) is 5.75 Å². The summed E-state index contributed by atoms with van der Waals surface area (Å²) in [5, 5.41) is 13.3. The lowest BCUT2D eigenvalue weighted by atomic mass is 9.94. The first kappa shape index (κ1) is 13.3. The van der Waals surface area contributed by atoms with Gasteiger partial charge in [-0.05, 0) is 39.0 Å². The lowest BCUT2D eigenvalue weighted by Crippen LogP contribution is -2.58. The molecule has 1 aliphatic heterocycles. The van der Waals surface area contributed by atoms with Crippen molar-refractivity contribution in [2.75, 3.05) is 19.6 Å². The monoisotopic (exact) mass is 252 g/mol. The van der Waals surface area contributed by atoms with E-state index in [1.807, 2.05) is 6.92 Å². The molecule has 1 unspecified atom stereocenters. The Morgan fingerprint density at radius 1 is 1.44 bits per heavy atom. The van der Waals surface area contributed by atoms with Crippen LogP contribution in [-0.2, 0) is 0 Å². The van der Waals surface area contributed by atoms with E-state index in [0.29, 0.717) is 5.56 Å². The predicted octanol–water partition coefficient (Wildman–Crippen LogP) is 2.28. The first-order valence-corrected chi connectivity index (χ1v) is 6.38. The third-order valence-electron chi connectivity index (χ3n) is 3.77. The molecule has 0 bridgehead atoms. The molecule has 18 heavy (non-hydrogen) atoms. The standard InChI is InChI=1S/C14H21FN2O/c1-10(12-8-11(15)4-5-13(12)18)17-7-6-16-9-14(17,2)3/h4-5,8,10,16,18H,6-7,9H2,1-3H3. The maximum absolute atomic E-state index is 13.3. The summed E-state index contributed by atoms with van der Waals surface area (Å²) < 4.78 is 13.3. The molecule has 0 radical (unpaired) electrons. The van der Waals surface area contributed by atoms with E-state index in [9.17, 15) is 9.50 Å². The van der Waals surface area contributed by atoms with Crippen molar-refractivity contribution >= 4 is 0 Å². The minimum atomic E-state index is -0.303. The van der Waals surface area contributed by atoms with Crippen molar-refractivity contribution in [3.8, 4) is 5.75 Å². The number of rotatable bonds is 2. The van der Waals surface area contributed by atoms with Crippen LogP contribution in [0.4, 0.5) is 4.39 Å². The molecule has 1 saturated heterocycles. The number of aromatic hydroxyl groups is 1. The fraction of sp³-hybridized carbons (Fsp3) is 0.571. The van der Waals surface area contributed by atoms with Gasteiger partial charge in [0.2, 0.25) is 0 Å². The summed E-state index contributed by atoms with van der Waals surface area (Å²) in [7, 11) is 0. The van der Waals surface area contributed by atoms with Gasteiger partial charge in [-0.1, -0.05) is 0 Å². The van der Waals surface area contributed by atoms with Gasteiger partial charge in [0.1, 0.15) is 11.6 Å². The normalized spacial score (nSPS) is 21.8. The molecule has 3 nitrogen and oxygen atoms in total. The van der Waals surface area contributed by atoms with Crippen molar-refractivity contribution in [2.24, 2.45) is 0 Å². The van der Waals surface area contributed by atoms with E-state index in [2.05, 4.69) is 24.1 Å². The van der Waals surface area contributed by atoms with Crippen LogP contribution >= 0.6 is 0 Å². The molecule has 1 atom stereocenters. The average Bonchev–Trinajstić information content (AvgIpc) is 2.31. The summed E-state index contributed by atoms with van der Waals surface area (Å²) in [6.45, 7) is 9.04. The smallest absolute Gasteiger partial charge is 0.123 e. The summed E-state index contributed by atoms with van der Waals surface area (Å²) in [5.41, 5.74) is 0.654. The maximum atomic E-state index is 13.3. The Kier molecular flexibility index (Phi) is 3.59. The number of phenolic OH excluding ortho intramolecular Hbond substituents is 1. The highest BCUT2D eigenvalue weighted by molar-refractivity contribution is 5.35. The third kappa shape index (κ3) is 2.49. The number of hydrogen-bond acceptors (Lipinski definition) is 3. The lowest BCUT2D eigenvalue weighted by Gasteiger charge is -2.46. The van der Waals surface area contributed by atoms with E-state index in [-0.39, 0.29) is 23.1 Å². The van der Waals surface area contributed by atoms with Crippen LogP contribution in [0.15, 0.2) is 18.2 Å². The molecule has 0 saturated carbocycles. The van der Waals surface area contributed by atoms with Gasteiger partial charge in [-0.15, -0.1) is 0 Å². The molecule has 0 amide bonds. The highest BCUT2D eigenvalue weighted by atomic mass is 19.1. The van der Waals surface area contributed by atoms with E-state index >= 15 is 0 Å². The molecule has 0 spiro atoms. The molecular formula is C14H21FN2O. The predicted molar refractivity (Wildman–Crippen MR) is 70.1 cm³/mol. The molecule has 1 aliphatic rings. The summed E-state index contributed by atoms with van der Waals surface area (Å²) in [6, 6.07) is 4.14. The highest BCUT2D eigenvalue weighted by Crippen LogP contribution is 2.33. The van der Waals surface area contributed by atoms with Crippen LogP contribution < -0.4 is 5.32 Å². The van der Waals surface area contributed by atoms with Crippen LogP contribution in [0.25, 0.3) is 0 Å². The van der Waals surface area contributed by atoms with E-state index in [0.717, 1.165) is 19.6 Å². The van der Waals surface area contributed by atoms with E-state index < -0.39 is 0 Å². The number of nitrogens with one attached hydrogen (secondary N) is 1. The van der Waals surface area contributed by atoms with Crippen LogP contribution in [0.2, 0.25) is 0 Å². The number of nitrogens with zero attached hydrogens (tertiary/aromatic N) is 1. The Balaban J connectivity index is 2.29. The summed E-state index contributed by atoms with van der Waals surface area (Å²) in [4.78, 5) is 2.30. The molecule has 2 N–H and O–H groups in total. The molecule has 1 aromatic carbocycles. The van der Waals surface area contributed by atoms with E-state index in [1.54, 1.807) is 0 Å². The number of hydrogen-bond donors (Lipinski definition) is 2. The second-order valence-corrected chi connectivity index (χ2v) is 5.56. The highest BCUT2D eigenvalue weighted by Gasteiger charge is 2.34. The fourth-order valence-electron chi connectivity index (χ4n) is 2.74. The second-order valence-electron chi connectivity index (χ2n) is 5.56.